The lowest BCUT2D eigenvalue weighted by Crippen LogP contribution is -2.41. The Labute approximate surface area is 151 Å². The fraction of sp³-hybridized carbons (Fsp3) is 0.524. The van der Waals surface area contributed by atoms with Crippen LogP contribution in [0.2, 0.25) is 0 Å². The Balaban J connectivity index is 1.95. The molecule has 1 amide bonds. The first kappa shape index (κ1) is 19.1. The second-order valence-corrected chi connectivity index (χ2v) is 7.80. The SMILES string of the molecule is Cc1cc(C#N)cc(C)c1/C=C/C1CCN(C(=O)OC(C)(C)C)CC1. The molecule has 2 rings (SSSR count). The first-order chi connectivity index (χ1) is 11.7. The topological polar surface area (TPSA) is 53.3 Å². The Hall–Kier alpha value is -2.28. The van der Waals surface area contributed by atoms with Gasteiger partial charge >= 0.3 is 6.09 Å². The lowest BCUT2D eigenvalue weighted by atomic mass is 9.93. The van der Waals surface area contributed by atoms with Crippen LogP contribution in [-0.4, -0.2) is 29.7 Å². The number of amides is 1. The molecule has 0 aliphatic carbocycles. The number of carbonyl (C=O) groups excluding carboxylic acids is 1. The Morgan fingerprint density at radius 1 is 1.24 bits per heavy atom. The Bertz CT molecular complexity index is 677. The van der Waals surface area contributed by atoms with Crippen molar-refractivity contribution in [2.75, 3.05) is 13.1 Å². The van der Waals surface area contributed by atoms with Crippen molar-refractivity contribution in [3.63, 3.8) is 0 Å². The van der Waals surface area contributed by atoms with Crippen LogP contribution in [0.5, 0.6) is 0 Å². The van der Waals surface area contributed by atoms with Crippen LogP contribution in [0.15, 0.2) is 18.2 Å². The minimum atomic E-state index is -0.446. The number of hydrogen-bond donors (Lipinski definition) is 0. The molecule has 1 heterocycles. The molecule has 1 aliphatic heterocycles. The lowest BCUT2D eigenvalue weighted by Gasteiger charge is -2.32. The standard InChI is InChI=1S/C21H28N2O2/c1-15-12-18(14-22)13-16(2)19(15)7-6-17-8-10-23(11-9-17)20(24)25-21(3,4)5/h6-7,12-13,17H,8-11H2,1-5H3/b7-6+. The van der Waals surface area contributed by atoms with Gasteiger partial charge in [-0.15, -0.1) is 0 Å². The van der Waals surface area contributed by atoms with Crippen molar-refractivity contribution in [2.24, 2.45) is 5.92 Å². The number of nitriles is 1. The molecule has 0 saturated carbocycles. The van der Waals surface area contributed by atoms with Gasteiger partial charge in [0.1, 0.15) is 5.60 Å². The van der Waals surface area contributed by atoms with E-state index in [1.807, 2.05) is 46.8 Å². The molecule has 0 N–H and O–H groups in total. The van der Waals surface area contributed by atoms with Crippen molar-refractivity contribution in [3.05, 3.63) is 40.5 Å². The van der Waals surface area contributed by atoms with Gasteiger partial charge in [-0.25, -0.2) is 4.79 Å². The number of likely N-dealkylation sites (tertiary alicyclic amines) is 1. The highest BCUT2D eigenvalue weighted by molar-refractivity contribution is 5.68. The van der Waals surface area contributed by atoms with Crippen LogP contribution in [0, 0.1) is 31.1 Å². The van der Waals surface area contributed by atoms with Gasteiger partial charge in [0.25, 0.3) is 0 Å². The molecule has 1 saturated heterocycles. The molecule has 1 aromatic carbocycles. The molecule has 0 bridgehead atoms. The largest absolute Gasteiger partial charge is 0.444 e. The van der Waals surface area contributed by atoms with E-state index in [4.69, 9.17) is 10.00 Å². The summed E-state index contributed by atoms with van der Waals surface area (Å²) in [6, 6.07) is 6.06. The molecule has 4 nitrogen and oxygen atoms in total. The third-order valence-electron chi connectivity index (χ3n) is 4.45. The number of carbonyl (C=O) groups is 1. The molecular formula is C21H28N2O2. The number of piperidine rings is 1. The monoisotopic (exact) mass is 340 g/mol. The van der Waals surface area contributed by atoms with Crippen LogP contribution >= 0.6 is 0 Å². The van der Waals surface area contributed by atoms with Crippen LogP contribution in [0.25, 0.3) is 6.08 Å². The first-order valence-electron chi connectivity index (χ1n) is 8.87. The van der Waals surface area contributed by atoms with Crippen molar-refractivity contribution < 1.29 is 9.53 Å². The first-order valence-corrected chi connectivity index (χ1v) is 8.87. The molecule has 1 fully saturated rings. The van der Waals surface area contributed by atoms with Gasteiger partial charge in [-0.3, -0.25) is 0 Å². The predicted molar refractivity (Wildman–Crippen MR) is 100 cm³/mol. The molecule has 0 spiro atoms. The quantitative estimate of drug-likeness (QED) is 0.774. The van der Waals surface area contributed by atoms with Crippen molar-refractivity contribution in [3.8, 4) is 6.07 Å². The van der Waals surface area contributed by atoms with E-state index in [0.717, 1.165) is 37.1 Å². The Kier molecular flexibility index (Phi) is 5.89. The maximum atomic E-state index is 12.1. The van der Waals surface area contributed by atoms with Gasteiger partial charge in [0, 0.05) is 13.1 Å². The zero-order valence-electron chi connectivity index (χ0n) is 15.9. The number of allylic oxidation sites excluding steroid dienone is 1. The van der Waals surface area contributed by atoms with Gasteiger partial charge in [-0.05, 0) is 82.2 Å². The van der Waals surface area contributed by atoms with Crippen molar-refractivity contribution in [1.29, 1.82) is 5.26 Å². The number of aryl methyl sites for hydroxylation is 2. The van der Waals surface area contributed by atoms with Crippen LogP contribution in [0.3, 0.4) is 0 Å². The highest BCUT2D eigenvalue weighted by atomic mass is 16.6. The molecule has 0 atom stereocenters. The molecule has 0 aromatic heterocycles. The van der Waals surface area contributed by atoms with Gasteiger partial charge in [0.2, 0.25) is 0 Å². The van der Waals surface area contributed by atoms with E-state index in [1.54, 1.807) is 4.90 Å². The number of ether oxygens (including phenoxy) is 1. The maximum Gasteiger partial charge on any atom is 0.410 e. The summed E-state index contributed by atoms with van der Waals surface area (Å²) >= 11 is 0. The molecule has 1 aliphatic rings. The minimum Gasteiger partial charge on any atom is -0.444 e. The lowest BCUT2D eigenvalue weighted by molar-refractivity contribution is 0.0197. The number of rotatable bonds is 2. The molecule has 4 heteroatoms. The summed E-state index contributed by atoms with van der Waals surface area (Å²) in [5.41, 5.74) is 3.70. The van der Waals surface area contributed by atoms with Crippen molar-refractivity contribution >= 4 is 12.2 Å². The second kappa shape index (κ2) is 7.74. The average molecular weight is 340 g/mol. The predicted octanol–water partition coefficient (Wildman–Crippen LogP) is 4.84. The molecule has 0 radical (unpaired) electrons. The summed E-state index contributed by atoms with van der Waals surface area (Å²) in [6.45, 7) is 11.2. The highest BCUT2D eigenvalue weighted by Crippen LogP contribution is 2.24. The van der Waals surface area contributed by atoms with E-state index in [-0.39, 0.29) is 6.09 Å². The maximum absolute atomic E-state index is 12.1. The van der Waals surface area contributed by atoms with Gasteiger partial charge in [-0.2, -0.15) is 5.26 Å². The summed E-state index contributed by atoms with van der Waals surface area (Å²) < 4.78 is 5.44. The third-order valence-corrected chi connectivity index (χ3v) is 4.45. The van der Waals surface area contributed by atoms with Crippen molar-refractivity contribution in [1.82, 2.24) is 4.90 Å². The summed E-state index contributed by atoms with van der Waals surface area (Å²) in [5, 5.41) is 9.04. The second-order valence-electron chi connectivity index (χ2n) is 7.80. The Morgan fingerprint density at radius 3 is 2.28 bits per heavy atom. The van der Waals surface area contributed by atoms with E-state index in [1.165, 1.54) is 5.56 Å². The minimum absolute atomic E-state index is 0.214. The van der Waals surface area contributed by atoms with E-state index < -0.39 is 5.60 Å². The van der Waals surface area contributed by atoms with Gasteiger partial charge < -0.3 is 9.64 Å². The van der Waals surface area contributed by atoms with E-state index in [2.05, 4.69) is 18.2 Å². The normalized spacial score (nSPS) is 16.1. The van der Waals surface area contributed by atoms with Gasteiger partial charge in [-0.1, -0.05) is 12.2 Å². The van der Waals surface area contributed by atoms with Crippen LogP contribution < -0.4 is 0 Å². The molecule has 0 unspecified atom stereocenters. The molecule has 25 heavy (non-hydrogen) atoms. The van der Waals surface area contributed by atoms with Crippen LogP contribution in [-0.2, 0) is 4.74 Å². The number of nitrogens with zero attached hydrogens (tertiary/aromatic N) is 2. The van der Waals surface area contributed by atoms with E-state index >= 15 is 0 Å². The fourth-order valence-corrected chi connectivity index (χ4v) is 3.14. The van der Waals surface area contributed by atoms with Gasteiger partial charge in [0.15, 0.2) is 0 Å². The number of benzene rings is 1. The smallest absolute Gasteiger partial charge is 0.410 e. The average Bonchev–Trinajstić information content (AvgIpc) is 2.52. The van der Waals surface area contributed by atoms with E-state index in [0.29, 0.717) is 11.5 Å². The zero-order chi connectivity index (χ0) is 18.6. The molecule has 1 aromatic rings. The van der Waals surface area contributed by atoms with E-state index in [9.17, 15) is 4.79 Å². The third kappa shape index (κ3) is 5.35. The highest BCUT2D eigenvalue weighted by Gasteiger charge is 2.25. The summed E-state index contributed by atoms with van der Waals surface area (Å²) in [7, 11) is 0. The van der Waals surface area contributed by atoms with Gasteiger partial charge in [0.05, 0.1) is 11.6 Å². The molecular weight excluding hydrogens is 312 g/mol. The van der Waals surface area contributed by atoms with Crippen LogP contribution in [0.1, 0.15) is 55.9 Å². The number of hydrogen-bond acceptors (Lipinski definition) is 3. The fourth-order valence-electron chi connectivity index (χ4n) is 3.14. The van der Waals surface area contributed by atoms with Crippen molar-refractivity contribution in [2.45, 2.75) is 53.1 Å². The summed E-state index contributed by atoms with van der Waals surface area (Å²) in [4.78, 5) is 13.9. The molecule has 134 valence electrons. The summed E-state index contributed by atoms with van der Waals surface area (Å²) in [5.74, 6) is 0.466. The van der Waals surface area contributed by atoms with Crippen LogP contribution in [0.4, 0.5) is 4.79 Å². The Morgan fingerprint density at radius 2 is 1.80 bits per heavy atom. The zero-order valence-corrected chi connectivity index (χ0v) is 15.9. The summed E-state index contributed by atoms with van der Waals surface area (Å²) in [6.07, 6.45) is 6.09.